The Morgan fingerprint density at radius 3 is 2.52 bits per heavy atom. The van der Waals surface area contributed by atoms with Crippen molar-refractivity contribution in [2.24, 2.45) is 5.92 Å². The molecule has 21 heavy (non-hydrogen) atoms. The van der Waals surface area contributed by atoms with Crippen LogP contribution in [0.3, 0.4) is 0 Å². The number of benzene rings is 1. The van der Waals surface area contributed by atoms with E-state index in [4.69, 9.17) is 5.11 Å². The van der Waals surface area contributed by atoms with Gasteiger partial charge in [-0.05, 0) is 50.4 Å². The van der Waals surface area contributed by atoms with Crippen molar-refractivity contribution < 1.29 is 13.5 Å². The van der Waals surface area contributed by atoms with Crippen molar-refractivity contribution in [2.75, 3.05) is 19.6 Å². The lowest BCUT2D eigenvalue weighted by Crippen LogP contribution is -2.33. The molecule has 0 aliphatic carbocycles. The number of rotatable bonds is 6. The molecule has 0 radical (unpaired) electrons. The zero-order chi connectivity index (χ0) is 15.5. The summed E-state index contributed by atoms with van der Waals surface area (Å²) in [6.07, 6.45) is 1.03. The van der Waals surface area contributed by atoms with Crippen molar-refractivity contribution in [3.05, 3.63) is 29.8 Å². The number of hydrogen-bond donors (Lipinski definition) is 2. The predicted molar refractivity (Wildman–Crippen MR) is 82.4 cm³/mol. The molecule has 2 rings (SSSR count). The number of aliphatic hydroxyl groups is 1. The second-order valence-corrected chi connectivity index (χ2v) is 7.66. The number of hydrogen-bond acceptors (Lipinski definition) is 4. The number of likely N-dealkylation sites (tertiary alicyclic amines) is 1. The lowest BCUT2D eigenvalue weighted by atomic mass is 10.1. The molecule has 1 atom stereocenters. The van der Waals surface area contributed by atoms with Crippen molar-refractivity contribution in [1.82, 2.24) is 9.62 Å². The fourth-order valence-electron chi connectivity index (χ4n) is 2.58. The number of nitrogens with one attached hydrogen (secondary N) is 1. The summed E-state index contributed by atoms with van der Waals surface area (Å²) in [4.78, 5) is 2.62. The minimum absolute atomic E-state index is 0.0825. The average molecular weight is 312 g/mol. The van der Waals surface area contributed by atoms with Gasteiger partial charge in [-0.25, -0.2) is 13.1 Å². The van der Waals surface area contributed by atoms with Crippen LogP contribution >= 0.6 is 0 Å². The summed E-state index contributed by atoms with van der Waals surface area (Å²) in [5, 5.41) is 8.98. The minimum Gasteiger partial charge on any atom is -0.392 e. The van der Waals surface area contributed by atoms with Crippen LogP contribution in [0.2, 0.25) is 0 Å². The van der Waals surface area contributed by atoms with Crippen LogP contribution in [0.1, 0.15) is 25.8 Å². The summed E-state index contributed by atoms with van der Waals surface area (Å²) in [6.45, 7) is 6.71. The molecule has 6 heteroatoms. The Hall–Kier alpha value is -0.950. The van der Waals surface area contributed by atoms with E-state index >= 15 is 0 Å². The molecule has 0 amide bonds. The molecule has 1 aliphatic rings. The highest BCUT2D eigenvalue weighted by Crippen LogP contribution is 2.18. The van der Waals surface area contributed by atoms with Gasteiger partial charge >= 0.3 is 0 Å². The Kier molecular flexibility index (Phi) is 5.37. The van der Waals surface area contributed by atoms with Gasteiger partial charge in [0.2, 0.25) is 10.0 Å². The molecule has 1 aromatic carbocycles. The number of sulfonamides is 1. The summed E-state index contributed by atoms with van der Waals surface area (Å²) in [5.41, 5.74) is 0.706. The molecular formula is C15H24N2O3S. The van der Waals surface area contributed by atoms with Gasteiger partial charge in [0.05, 0.1) is 11.5 Å². The molecule has 1 unspecified atom stereocenters. The van der Waals surface area contributed by atoms with Crippen LogP contribution < -0.4 is 4.72 Å². The maximum absolute atomic E-state index is 12.2. The van der Waals surface area contributed by atoms with E-state index in [2.05, 4.69) is 23.5 Å². The Balaban J connectivity index is 1.92. The van der Waals surface area contributed by atoms with Crippen molar-refractivity contribution >= 4 is 10.0 Å². The summed E-state index contributed by atoms with van der Waals surface area (Å²) in [6, 6.07) is 6.83. The van der Waals surface area contributed by atoms with Crippen LogP contribution in [0.5, 0.6) is 0 Å². The van der Waals surface area contributed by atoms with Gasteiger partial charge in [-0.3, -0.25) is 0 Å². The molecule has 118 valence electrons. The molecule has 0 saturated carbocycles. The molecule has 1 fully saturated rings. The van der Waals surface area contributed by atoms with Crippen LogP contribution in [0.4, 0.5) is 0 Å². The smallest absolute Gasteiger partial charge is 0.240 e. The molecule has 1 heterocycles. The van der Waals surface area contributed by atoms with Gasteiger partial charge in [-0.2, -0.15) is 0 Å². The summed E-state index contributed by atoms with van der Waals surface area (Å²) in [7, 11) is -3.46. The van der Waals surface area contributed by atoms with Crippen LogP contribution in [0.25, 0.3) is 0 Å². The second kappa shape index (κ2) is 6.87. The molecule has 5 nitrogen and oxygen atoms in total. The fourth-order valence-corrected chi connectivity index (χ4v) is 3.70. The minimum atomic E-state index is -3.46. The highest BCUT2D eigenvalue weighted by molar-refractivity contribution is 7.89. The third-order valence-electron chi connectivity index (χ3n) is 4.03. The van der Waals surface area contributed by atoms with Gasteiger partial charge in [-0.15, -0.1) is 0 Å². The summed E-state index contributed by atoms with van der Waals surface area (Å²) in [5.74, 6) is 0.374. The van der Waals surface area contributed by atoms with Gasteiger partial charge in [0.1, 0.15) is 0 Å². The van der Waals surface area contributed by atoms with Crippen molar-refractivity contribution in [2.45, 2.75) is 37.8 Å². The van der Waals surface area contributed by atoms with E-state index in [1.54, 1.807) is 12.1 Å². The third-order valence-corrected chi connectivity index (χ3v) is 5.47. The van der Waals surface area contributed by atoms with Gasteiger partial charge in [0.25, 0.3) is 0 Å². The fraction of sp³-hybridized carbons (Fsp3) is 0.600. The largest absolute Gasteiger partial charge is 0.392 e. The molecule has 1 saturated heterocycles. The number of aliphatic hydroxyl groups excluding tert-OH is 1. The van der Waals surface area contributed by atoms with Crippen LogP contribution in [-0.4, -0.2) is 44.1 Å². The second-order valence-electron chi connectivity index (χ2n) is 5.90. The molecule has 2 N–H and O–H groups in total. The normalized spacial score (nSPS) is 20.3. The van der Waals surface area contributed by atoms with E-state index in [1.807, 2.05) is 0 Å². The highest BCUT2D eigenvalue weighted by atomic mass is 32.2. The topological polar surface area (TPSA) is 69.6 Å². The SMILES string of the molecule is CC(C)N1CCC(CNS(=O)(=O)c2ccc(CO)cc2)C1. The Morgan fingerprint density at radius 2 is 2.00 bits per heavy atom. The Morgan fingerprint density at radius 1 is 1.33 bits per heavy atom. The summed E-state index contributed by atoms with van der Waals surface area (Å²) >= 11 is 0. The first-order valence-electron chi connectivity index (χ1n) is 7.36. The van der Waals surface area contributed by atoms with E-state index < -0.39 is 10.0 Å². The van der Waals surface area contributed by atoms with E-state index in [0.29, 0.717) is 24.1 Å². The lowest BCUT2D eigenvalue weighted by Gasteiger charge is -2.20. The van der Waals surface area contributed by atoms with Crippen molar-refractivity contribution in [3.63, 3.8) is 0 Å². The van der Waals surface area contributed by atoms with E-state index in [9.17, 15) is 8.42 Å². The zero-order valence-corrected chi connectivity index (χ0v) is 13.4. The Labute approximate surface area is 127 Å². The first-order valence-corrected chi connectivity index (χ1v) is 8.84. The van der Waals surface area contributed by atoms with Gasteiger partial charge in [0, 0.05) is 19.1 Å². The highest BCUT2D eigenvalue weighted by Gasteiger charge is 2.25. The van der Waals surface area contributed by atoms with E-state index in [-0.39, 0.29) is 11.5 Å². The van der Waals surface area contributed by atoms with E-state index in [1.165, 1.54) is 12.1 Å². The van der Waals surface area contributed by atoms with Crippen LogP contribution in [0, 0.1) is 5.92 Å². The maximum Gasteiger partial charge on any atom is 0.240 e. The van der Waals surface area contributed by atoms with Crippen LogP contribution in [-0.2, 0) is 16.6 Å². The Bertz CT molecular complexity index is 555. The first-order chi connectivity index (χ1) is 9.92. The predicted octanol–water partition coefficient (Wildman–Crippen LogP) is 1.19. The molecule has 0 bridgehead atoms. The van der Waals surface area contributed by atoms with Gasteiger partial charge < -0.3 is 10.0 Å². The van der Waals surface area contributed by atoms with E-state index in [0.717, 1.165) is 19.5 Å². The molecule has 1 aromatic rings. The zero-order valence-electron chi connectivity index (χ0n) is 12.6. The summed E-state index contributed by atoms with van der Waals surface area (Å²) < 4.78 is 27.1. The third kappa shape index (κ3) is 4.26. The van der Waals surface area contributed by atoms with Crippen molar-refractivity contribution in [1.29, 1.82) is 0 Å². The average Bonchev–Trinajstić information content (AvgIpc) is 2.94. The number of nitrogens with zero attached hydrogens (tertiary/aromatic N) is 1. The molecular weight excluding hydrogens is 288 g/mol. The van der Waals surface area contributed by atoms with Gasteiger partial charge in [0.15, 0.2) is 0 Å². The standard InChI is InChI=1S/C15H24N2O3S/c1-12(2)17-8-7-14(10-17)9-16-21(19,20)15-5-3-13(11-18)4-6-15/h3-6,12,14,16,18H,7-11H2,1-2H3. The monoisotopic (exact) mass is 312 g/mol. The lowest BCUT2D eigenvalue weighted by molar-refractivity contribution is 0.265. The van der Waals surface area contributed by atoms with Crippen LogP contribution in [0.15, 0.2) is 29.2 Å². The molecule has 0 spiro atoms. The van der Waals surface area contributed by atoms with Crippen molar-refractivity contribution in [3.8, 4) is 0 Å². The molecule has 1 aliphatic heterocycles. The molecule has 0 aromatic heterocycles. The first kappa shape index (κ1) is 16.4. The quantitative estimate of drug-likeness (QED) is 0.828. The van der Waals surface area contributed by atoms with Gasteiger partial charge in [-0.1, -0.05) is 12.1 Å². The maximum atomic E-state index is 12.2.